The molecule has 1 amide bonds. The van der Waals surface area contributed by atoms with Gasteiger partial charge in [0, 0.05) is 0 Å². The van der Waals surface area contributed by atoms with Crippen LogP contribution in [0.2, 0.25) is 0 Å². The van der Waals surface area contributed by atoms with E-state index in [4.69, 9.17) is 9.84 Å². The Hall–Kier alpha value is -2.04. The van der Waals surface area contributed by atoms with Crippen LogP contribution < -0.4 is 10.1 Å². The maximum absolute atomic E-state index is 11.6. The Morgan fingerprint density at radius 2 is 2.19 bits per heavy atom. The molecule has 0 saturated carbocycles. The van der Waals surface area contributed by atoms with E-state index in [2.05, 4.69) is 5.32 Å². The van der Waals surface area contributed by atoms with E-state index in [0.717, 1.165) is 0 Å². The number of fused-ring (bicyclic) bond motifs is 1. The zero-order valence-corrected chi connectivity index (χ0v) is 8.64. The third-order valence-electron chi connectivity index (χ3n) is 2.50. The molecule has 5 nitrogen and oxygen atoms in total. The van der Waals surface area contributed by atoms with Gasteiger partial charge in [0.25, 0.3) is 5.91 Å². The van der Waals surface area contributed by atoms with E-state index in [1.165, 1.54) is 6.92 Å². The van der Waals surface area contributed by atoms with Crippen LogP contribution in [0.1, 0.15) is 6.92 Å². The first kappa shape index (κ1) is 10.5. The van der Waals surface area contributed by atoms with Crippen LogP contribution in [0.15, 0.2) is 24.3 Å². The Bertz CT molecular complexity index is 443. The highest BCUT2D eigenvalue weighted by molar-refractivity contribution is 5.99. The van der Waals surface area contributed by atoms with Gasteiger partial charge in [0.1, 0.15) is 5.75 Å². The third-order valence-corrected chi connectivity index (χ3v) is 2.50. The lowest BCUT2D eigenvalue weighted by Gasteiger charge is -2.27. The lowest BCUT2D eigenvalue weighted by molar-refractivity contribution is -0.147. The van der Waals surface area contributed by atoms with Crippen molar-refractivity contribution in [3.05, 3.63) is 24.3 Å². The molecule has 0 bridgehead atoms. The molecule has 0 spiro atoms. The summed E-state index contributed by atoms with van der Waals surface area (Å²) in [6.07, 6.45) is -0.979. The minimum Gasteiger partial charge on any atom is -0.481 e. The molecule has 0 fully saturated rings. The maximum Gasteiger partial charge on any atom is 0.310 e. The predicted octanol–water partition coefficient (Wildman–Crippen LogP) is 1.11. The second-order valence-corrected chi connectivity index (χ2v) is 3.65. The number of benzene rings is 1. The van der Waals surface area contributed by atoms with Gasteiger partial charge < -0.3 is 15.2 Å². The number of anilines is 1. The Labute approximate surface area is 92.0 Å². The summed E-state index contributed by atoms with van der Waals surface area (Å²) in [6.45, 7) is 1.44. The van der Waals surface area contributed by atoms with Gasteiger partial charge in [-0.05, 0) is 19.1 Å². The smallest absolute Gasteiger partial charge is 0.310 e. The van der Waals surface area contributed by atoms with Gasteiger partial charge in [-0.25, -0.2) is 0 Å². The number of carbonyl (C=O) groups is 2. The monoisotopic (exact) mass is 221 g/mol. The number of hydrogen-bond donors (Lipinski definition) is 2. The zero-order chi connectivity index (χ0) is 11.7. The highest BCUT2D eigenvalue weighted by atomic mass is 16.5. The van der Waals surface area contributed by atoms with Gasteiger partial charge in [-0.1, -0.05) is 12.1 Å². The van der Waals surface area contributed by atoms with E-state index in [9.17, 15) is 9.59 Å². The van der Waals surface area contributed by atoms with Crippen molar-refractivity contribution in [3.63, 3.8) is 0 Å². The van der Waals surface area contributed by atoms with E-state index >= 15 is 0 Å². The molecule has 1 aromatic carbocycles. The van der Waals surface area contributed by atoms with Crippen LogP contribution in [-0.2, 0) is 9.59 Å². The molecule has 16 heavy (non-hydrogen) atoms. The van der Waals surface area contributed by atoms with Crippen LogP contribution in [0.3, 0.4) is 0 Å². The van der Waals surface area contributed by atoms with E-state index < -0.39 is 23.9 Å². The van der Waals surface area contributed by atoms with Gasteiger partial charge in [-0.2, -0.15) is 0 Å². The molecule has 2 unspecified atom stereocenters. The molecule has 1 aliphatic rings. The van der Waals surface area contributed by atoms with Crippen molar-refractivity contribution < 1.29 is 19.4 Å². The first-order valence-electron chi connectivity index (χ1n) is 4.89. The number of rotatable bonds is 2. The fourth-order valence-corrected chi connectivity index (χ4v) is 1.53. The van der Waals surface area contributed by atoms with Gasteiger partial charge in [0.05, 0.1) is 11.6 Å². The molecule has 2 atom stereocenters. The van der Waals surface area contributed by atoms with Gasteiger partial charge in [-0.3, -0.25) is 9.59 Å². The van der Waals surface area contributed by atoms with Crippen LogP contribution in [0.5, 0.6) is 5.75 Å². The second kappa shape index (κ2) is 3.84. The topological polar surface area (TPSA) is 75.6 Å². The second-order valence-electron chi connectivity index (χ2n) is 3.65. The van der Waals surface area contributed by atoms with E-state index in [-0.39, 0.29) is 0 Å². The molecule has 2 N–H and O–H groups in total. The first-order chi connectivity index (χ1) is 7.59. The standard InChI is InChI=1S/C11H11NO4/c1-6(11(14)15)9-10(13)12-7-4-2-3-5-8(7)16-9/h2-6,9H,1H3,(H,12,13)(H,14,15). The summed E-state index contributed by atoms with van der Waals surface area (Å²) in [4.78, 5) is 22.4. The average molecular weight is 221 g/mol. The molecule has 0 aliphatic carbocycles. The Balaban J connectivity index is 2.28. The summed E-state index contributed by atoms with van der Waals surface area (Å²) >= 11 is 0. The largest absolute Gasteiger partial charge is 0.481 e. The summed E-state index contributed by atoms with van der Waals surface area (Å²) < 4.78 is 5.37. The molecule has 0 aromatic heterocycles. The van der Waals surface area contributed by atoms with Crippen molar-refractivity contribution in [1.82, 2.24) is 0 Å². The van der Waals surface area contributed by atoms with Crippen LogP contribution >= 0.6 is 0 Å². The Morgan fingerprint density at radius 1 is 1.50 bits per heavy atom. The quantitative estimate of drug-likeness (QED) is 0.784. The van der Waals surface area contributed by atoms with E-state index in [1.807, 2.05) is 0 Å². The van der Waals surface area contributed by atoms with E-state index in [1.54, 1.807) is 24.3 Å². The van der Waals surface area contributed by atoms with E-state index in [0.29, 0.717) is 11.4 Å². The summed E-state index contributed by atoms with van der Waals surface area (Å²) in [6, 6.07) is 6.92. The summed E-state index contributed by atoms with van der Waals surface area (Å²) in [7, 11) is 0. The molecule has 2 rings (SSSR count). The van der Waals surface area contributed by atoms with Gasteiger partial charge in [-0.15, -0.1) is 0 Å². The molecular formula is C11H11NO4. The molecule has 0 radical (unpaired) electrons. The van der Waals surface area contributed by atoms with Crippen molar-refractivity contribution in [3.8, 4) is 5.75 Å². The fraction of sp³-hybridized carbons (Fsp3) is 0.273. The number of carbonyl (C=O) groups excluding carboxylic acids is 1. The molecule has 5 heteroatoms. The van der Waals surface area contributed by atoms with Gasteiger partial charge in [0.15, 0.2) is 6.10 Å². The number of carboxylic acids is 1. The highest BCUT2D eigenvalue weighted by Crippen LogP contribution is 2.30. The Morgan fingerprint density at radius 3 is 2.88 bits per heavy atom. The predicted molar refractivity (Wildman–Crippen MR) is 56.3 cm³/mol. The Kier molecular flexibility index (Phi) is 2.52. The van der Waals surface area contributed by atoms with Gasteiger partial charge in [0.2, 0.25) is 0 Å². The number of carboxylic acid groups (broad SMARTS) is 1. The van der Waals surface area contributed by atoms with Crippen molar-refractivity contribution >= 4 is 17.6 Å². The minimum absolute atomic E-state index is 0.423. The molecule has 84 valence electrons. The molecule has 0 saturated heterocycles. The number of nitrogens with one attached hydrogen (secondary N) is 1. The van der Waals surface area contributed by atoms with Crippen LogP contribution in [0.4, 0.5) is 5.69 Å². The lowest BCUT2D eigenvalue weighted by Crippen LogP contribution is -2.44. The van der Waals surface area contributed by atoms with Crippen molar-refractivity contribution in [2.75, 3.05) is 5.32 Å². The third kappa shape index (κ3) is 1.71. The van der Waals surface area contributed by atoms with Gasteiger partial charge >= 0.3 is 5.97 Å². The number of ether oxygens (including phenoxy) is 1. The van der Waals surface area contributed by atoms with Crippen molar-refractivity contribution in [2.24, 2.45) is 5.92 Å². The molecule has 1 heterocycles. The minimum atomic E-state index is -1.06. The number of hydrogen-bond acceptors (Lipinski definition) is 3. The lowest BCUT2D eigenvalue weighted by atomic mass is 10.0. The summed E-state index contributed by atoms with van der Waals surface area (Å²) in [5.74, 6) is -1.86. The molecular weight excluding hydrogens is 210 g/mol. The normalized spacial score (nSPS) is 20.3. The average Bonchev–Trinajstić information content (AvgIpc) is 2.27. The molecule has 1 aromatic rings. The van der Waals surface area contributed by atoms with Crippen LogP contribution in [0, 0.1) is 5.92 Å². The summed E-state index contributed by atoms with van der Waals surface area (Å²) in [5.41, 5.74) is 0.571. The fourth-order valence-electron chi connectivity index (χ4n) is 1.53. The van der Waals surface area contributed by atoms with Crippen molar-refractivity contribution in [2.45, 2.75) is 13.0 Å². The number of amides is 1. The summed E-state index contributed by atoms with van der Waals surface area (Å²) in [5, 5.41) is 11.5. The maximum atomic E-state index is 11.6. The zero-order valence-electron chi connectivity index (χ0n) is 8.64. The van der Waals surface area contributed by atoms with Crippen molar-refractivity contribution in [1.29, 1.82) is 0 Å². The SMILES string of the molecule is CC(C(=O)O)C1Oc2ccccc2NC1=O. The molecule has 1 aliphatic heterocycles. The highest BCUT2D eigenvalue weighted by Gasteiger charge is 2.35. The number of para-hydroxylation sites is 2. The van der Waals surface area contributed by atoms with Crippen LogP contribution in [0.25, 0.3) is 0 Å². The first-order valence-corrected chi connectivity index (χ1v) is 4.89. The van der Waals surface area contributed by atoms with Crippen LogP contribution in [-0.4, -0.2) is 23.1 Å². The number of aliphatic carboxylic acids is 1.